The fourth-order valence-corrected chi connectivity index (χ4v) is 2.79. The Kier molecular flexibility index (Phi) is 6.48. The van der Waals surface area contributed by atoms with Crippen LogP contribution in [0.25, 0.3) is 0 Å². The molecule has 8 nitrogen and oxygen atoms in total. The van der Waals surface area contributed by atoms with Gasteiger partial charge < -0.3 is 14.2 Å². The summed E-state index contributed by atoms with van der Waals surface area (Å²) in [5.74, 6) is 1.48. The molecule has 0 aliphatic rings. The maximum Gasteiger partial charge on any atom is 0.297 e. The molecule has 0 saturated carbocycles. The summed E-state index contributed by atoms with van der Waals surface area (Å²) in [6.07, 6.45) is 3.35. The molecule has 0 unspecified atom stereocenters. The molecule has 0 N–H and O–H groups in total. The van der Waals surface area contributed by atoms with Gasteiger partial charge in [-0.3, -0.25) is 4.79 Å². The highest BCUT2D eigenvalue weighted by Gasteiger charge is 2.23. The van der Waals surface area contributed by atoms with Crippen molar-refractivity contribution in [1.82, 2.24) is 14.9 Å². The molecular formula is C18H24N4O4S. The largest absolute Gasteiger partial charge is 0.493 e. The average molecular weight is 392 g/mol. The zero-order valence-electron chi connectivity index (χ0n) is 16.6. The topological polar surface area (TPSA) is 87.8 Å². The van der Waals surface area contributed by atoms with Crippen molar-refractivity contribution in [3.8, 4) is 17.2 Å². The maximum atomic E-state index is 12.8. The van der Waals surface area contributed by atoms with Crippen LogP contribution in [0.5, 0.6) is 17.2 Å². The van der Waals surface area contributed by atoms with Gasteiger partial charge in [-0.05, 0) is 18.4 Å². The van der Waals surface area contributed by atoms with Crippen molar-refractivity contribution in [3.63, 3.8) is 0 Å². The molecule has 27 heavy (non-hydrogen) atoms. The van der Waals surface area contributed by atoms with Crippen molar-refractivity contribution in [3.05, 3.63) is 33.7 Å². The van der Waals surface area contributed by atoms with Gasteiger partial charge in [-0.2, -0.15) is 9.78 Å². The van der Waals surface area contributed by atoms with E-state index in [1.54, 1.807) is 18.3 Å². The normalized spacial score (nSPS) is 11.7. The molecule has 0 radical (unpaired) electrons. The molecule has 0 saturated heterocycles. The minimum atomic E-state index is -0.440. The summed E-state index contributed by atoms with van der Waals surface area (Å²) in [6.45, 7) is 5.72. The van der Waals surface area contributed by atoms with Crippen LogP contribution in [0.1, 0.15) is 32.0 Å². The van der Waals surface area contributed by atoms with E-state index in [4.69, 9.17) is 14.2 Å². The highest BCUT2D eigenvalue weighted by atomic mass is 32.2. The molecule has 1 aromatic heterocycles. The van der Waals surface area contributed by atoms with Gasteiger partial charge in [-0.25, -0.2) is 0 Å². The molecule has 0 fully saturated rings. The molecule has 0 spiro atoms. The minimum absolute atomic E-state index is 0.300. The maximum absolute atomic E-state index is 12.8. The number of benzene rings is 1. The van der Waals surface area contributed by atoms with E-state index in [1.165, 1.54) is 37.8 Å². The summed E-state index contributed by atoms with van der Waals surface area (Å²) in [7, 11) is 4.61. The molecule has 2 rings (SSSR count). The van der Waals surface area contributed by atoms with Crippen molar-refractivity contribution in [2.75, 3.05) is 27.6 Å². The Bertz CT molecular complexity index is 878. The molecule has 1 heterocycles. The minimum Gasteiger partial charge on any atom is -0.493 e. The van der Waals surface area contributed by atoms with E-state index < -0.39 is 5.41 Å². The van der Waals surface area contributed by atoms with Crippen molar-refractivity contribution >= 4 is 18.0 Å². The molecule has 146 valence electrons. The fourth-order valence-electron chi connectivity index (χ4n) is 2.37. The van der Waals surface area contributed by atoms with Gasteiger partial charge in [0.1, 0.15) is 5.69 Å². The number of aromatic nitrogens is 3. The van der Waals surface area contributed by atoms with E-state index in [-0.39, 0.29) is 5.56 Å². The quantitative estimate of drug-likeness (QED) is 0.551. The Morgan fingerprint density at radius 1 is 1.07 bits per heavy atom. The monoisotopic (exact) mass is 392 g/mol. The first kappa shape index (κ1) is 20.8. The number of methoxy groups -OCH3 is 3. The molecule has 0 aliphatic heterocycles. The first-order chi connectivity index (χ1) is 12.8. The van der Waals surface area contributed by atoms with E-state index in [2.05, 4.69) is 15.3 Å². The summed E-state index contributed by atoms with van der Waals surface area (Å²) in [5, 5.41) is 12.9. The third-order valence-electron chi connectivity index (χ3n) is 3.71. The van der Waals surface area contributed by atoms with Crippen molar-refractivity contribution in [1.29, 1.82) is 0 Å². The van der Waals surface area contributed by atoms with Crippen molar-refractivity contribution in [2.24, 2.45) is 5.10 Å². The number of nitrogens with zero attached hydrogens (tertiary/aromatic N) is 4. The van der Waals surface area contributed by atoms with Crippen LogP contribution in [0.4, 0.5) is 0 Å². The molecule has 2 aromatic rings. The Morgan fingerprint density at radius 2 is 1.67 bits per heavy atom. The van der Waals surface area contributed by atoms with Crippen LogP contribution in [0.3, 0.4) is 0 Å². The molecule has 0 bridgehead atoms. The van der Waals surface area contributed by atoms with Crippen molar-refractivity contribution in [2.45, 2.75) is 31.3 Å². The number of ether oxygens (including phenoxy) is 3. The zero-order valence-corrected chi connectivity index (χ0v) is 17.4. The third kappa shape index (κ3) is 4.41. The smallest absolute Gasteiger partial charge is 0.297 e. The standard InChI is InChI=1S/C18H24N4O4S/c1-18(2,3)15-16(23)22(17(27-7)21-20-15)19-10-11-8-12(24-4)14(26-6)13(9-11)25-5/h8-10H,1-7H3/b19-10+. The lowest BCUT2D eigenvalue weighted by molar-refractivity contribution is 0.324. The molecular weight excluding hydrogens is 368 g/mol. The Hall–Kier alpha value is -2.55. The average Bonchev–Trinajstić information content (AvgIpc) is 2.64. The number of hydrogen-bond acceptors (Lipinski definition) is 8. The molecule has 9 heteroatoms. The third-order valence-corrected chi connectivity index (χ3v) is 4.33. The van der Waals surface area contributed by atoms with Crippen LogP contribution in [-0.2, 0) is 5.41 Å². The summed E-state index contributed by atoms with van der Waals surface area (Å²) >= 11 is 1.29. The first-order valence-electron chi connectivity index (χ1n) is 8.15. The Balaban J connectivity index is 2.57. The van der Waals surface area contributed by atoms with E-state index in [0.717, 1.165) is 0 Å². The second-order valence-electron chi connectivity index (χ2n) is 6.61. The SMILES string of the molecule is COc1cc(/C=N/n2c(SC)nnc(C(C)(C)C)c2=O)cc(OC)c1OC. The van der Waals surface area contributed by atoms with Gasteiger partial charge in [-0.15, -0.1) is 10.2 Å². The van der Waals surface area contributed by atoms with Crippen LogP contribution >= 0.6 is 11.8 Å². The number of rotatable bonds is 6. The highest BCUT2D eigenvalue weighted by molar-refractivity contribution is 7.98. The van der Waals surface area contributed by atoms with Gasteiger partial charge in [0.2, 0.25) is 10.9 Å². The lowest BCUT2D eigenvalue weighted by Crippen LogP contribution is -2.32. The van der Waals surface area contributed by atoms with Crippen LogP contribution < -0.4 is 19.8 Å². The fraction of sp³-hybridized carbons (Fsp3) is 0.444. The van der Waals surface area contributed by atoms with Gasteiger partial charge in [0.05, 0.1) is 27.5 Å². The van der Waals surface area contributed by atoms with E-state index in [0.29, 0.717) is 33.7 Å². The van der Waals surface area contributed by atoms with Gasteiger partial charge in [-0.1, -0.05) is 32.5 Å². The lowest BCUT2D eigenvalue weighted by Gasteiger charge is -2.17. The second-order valence-corrected chi connectivity index (χ2v) is 7.38. The van der Waals surface area contributed by atoms with Crippen LogP contribution in [0.15, 0.2) is 27.2 Å². The highest BCUT2D eigenvalue weighted by Crippen LogP contribution is 2.37. The zero-order chi connectivity index (χ0) is 20.2. The summed E-state index contributed by atoms with van der Waals surface area (Å²) in [5.41, 5.74) is 0.288. The molecule has 1 aromatic carbocycles. The lowest BCUT2D eigenvalue weighted by atomic mass is 9.93. The summed E-state index contributed by atoms with van der Waals surface area (Å²) in [6, 6.07) is 3.49. The Morgan fingerprint density at radius 3 is 2.11 bits per heavy atom. The van der Waals surface area contributed by atoms with Crippen LogP contribution in [0.2, 0.25) is 0 Å². The Labute approximate surface area is 162 Å². The predicted octanol–water partition coefficient (Wildman–Crippen LogP) is 2.57. The molecule has 0 atom stereocenters. The summed E-state index contributed by atoms with van der Waals surface area (Å²) in [4.78, 5) is 12.8. The van der Waals surface area contributed by atoms with E-state index in [1.807, 2.05) is 27.0 Å². The van der Waals surface area contributed by atoms with E-state index >= 15 is 0 Å². The van der Waals surface area contributed by atoms with Gasteiger partial charge in [0, 0.05) is 11.0 Å². The van der Waals surface area contributed by atoms with Crippen molar-refractivity contribution < 1.29 is 14.2 Å². The number of thioether (sulfide) groups is 1. The second kappa shape index (κ2) is 8.43. The number of hydrogen-bond donors (Lipinski definition) is 0. The van der Waals surface area contributed by atoms with Gasteiger partial charge in [0.15, 0.2) is 11.5 Å². The first-order valence-corrected chi connectivity index (χ1v) is 9.37. The molecule has 0 aliphatic carbocycles. The summed E-state index contributed by atoms with van der Waals surface area (Å²) < 4.78 is 17.2. The van der Waals surface area contributed by atoms with E-state index in [9.17, 15) is 4.79 Å². The van der Waals surface area contributed by atoms with Gasteiger partial charge in [0.25, 0.3) is 5.56 Å². The van der Waals surface area contributed by atoms with Crippen LogP contribution in [0, 0.1) is 0 Å². The molecule has 0 amide bonds. The van der Waals surface area contributed by atoms with Gasteiger partial charge >= 0.3 is 0 Å². The predicted molar refractivity (Wildman–Crippen MR) is 106 cm³/mol. The van der Waals surface area contributed by atoms with Crippen LogP contribution in [-0.4, -0.2) is 48.7 Å².